The highest BCUT2D eigenvalue weighted by Crippen LogP contribution is 2.20. The van der Waals surface area contributed by atoms with Crippen LogP contribution < -0.4 is 0 Å². The van der Waals surface area contributed by atoms with Gasteiger partial charge in [0.15, 0.2) is 5.69 Å². The van der Waals surface area contributed by atoms with Gasteiger partial charge in [0.2, 0.25) is 5.91 Å². The maximum atomic E-state index is 12.5. The second-order valence-electron chi connectivity index (χ2n) is 7.38. The Morgan fingerprint density at radius 2 is 1.96 bits per heavy atom. The lowest BCUT2D eigenvalue weighted by Gasteiger charge is -2.25. The number of hydrogen-bond acceptors (Lipinski definition) is 5. The first-order valence-corrected chi connectivity index (χ1v) is 9.78. The van der Waals surface area contributed by atoms with E-state index in [0.717, 1.165) is 19.5 Å². The van der Waals surface area contributed by atoms with E-state index in [9.17, 15) is 9.59 Å². The van der Waals surface area contributed by atoms with E-state index in [0.29, 0.717) is 45.0 Å². The lowest BCUT2D eigenvalue weighted by atomic mass is 10.1. The Bertz CT molecular complexity index is 816. The van der Waals surface area contributed by atoms with Crippen molar-refractivity contribution >= 4 is 11.8 Å². The van der Waals surface area contributed by atoms with Crippen LogP contribution in [0.15, 0.2) is 36.5 Å². The summed E-state index contributed by atoms with van der Waals surface area (Å²) in [7, 11) is 0. The fraction of sp³-hybridized carbons (Fsp3) is 0.500. The SMILES string of the molecule is O=C1CC(Cn2cc(C(=O)N3CCOCC3)nn2)CN1CCc1ccccc1. The highest BCUT2D eigenvalue weighted by atomic mass is 16.5. The normalized spacial score (nSPS) is 20.0. The molecule has 8 heteroatoms. The van der Waals surface area contributed by atoms with E-state index in [4.69, 9.17) is 4.74 Å². The zero-order valence-corrected chi connectivity index (χ0v) is 15.9. The number of hydrogen-bond donors (Lipinski definition) is 0. The standard InChI is InChI=1S/C20H25N5O3/c26-19-12-17(13-24(19)7-6-16-4-2-1-3-5-16)14-25-15-18(21-22-25)20(27)23-8-10-28-11-9-23/h1-5,15,17H,6-14H2. The molecule has 1 aromatic carbocycles. The summed E-state index contributed by atoms with van der Waals surface area (Å²) in [5, 5.41) is 8.13. The molecule has 0 aliphatic carbocycles. The topological polar surface area (TPSA) is 80.6 Å². The van der Waals surface area contributed by atoms with Gasteiger partial charge in [-0.25, -0.2) is 0 Å². The summed E-state index contributed by atoms with van der Waals surface area (Å²) >= 11 is 0. The third kappa shape index (κ3) is 4.39. The molecule has 1 aromatic heterocycles. The van der Waals surface area contributed by atoms with Crippen LogP contribution in [0.5, 0.6) is 0 Å². The molecular formula is C20H25N5O3. The molecule has 4 rings (SSSR count). The minimum Gasteiger partial charge on any atom is -0.378 e. The number of carbonyl (C=O) groups is 2. The van der Waals surface area contributed by atoms with Crippen molar-refractivity contribution in [3.8, 4) is 0 Å². The Hall–Kier alpha value is -2.74. The van der Waals surface area contributed by atoms with E-state index >= 15 is 0 Å². The van der Waals surface area contributed by atoms with Crippen molar-refractivity contribution in [1.82, 2.24) is 24.8 Å². The minimum absolute atomic E-state index is 0.110. The van der Waals surface area contributed by atoms with Gasteiger partial charge < -0.3 is 14.5 Å². The molecule has 2 aromatic rings. The maximum Gasteiger partial charge on any atom is 0.276 e. The summed E-state index contributed by atoms with van der Waals surface area (Å²) in [6.45, 7) is 4.33. The first-order valence-electron chi connectivity index (χ1n) is 9.78. The smallest absolute Gasteiger partial charge is 0.276 e. The van der Waals surface area contributed by atoms with E-state index in [-0.39, 0.29) is 17.7 Å². The molecule has 1 unspecified atom stereocenters. The largest absolute Gasteiger partial charge is 0.378 e. The van der Waals surface area contributed by atoms with Gasteiger partial charge in [-0.1, -0.05) is 35.5 Å². The van der Waals surface area contributed by atoms with Crippen LogP contribution in [0.1, 0.15) is 22.5 Å². The number of ether oxygens (including phenoxy) is 1. The molecule has 0 N–H and O–H groups in total. The molecule has 2 fully saturated rings. The Balaban J connectivity index is 1.29. The maximum absolute atomic E-state index is 12.5. The molecule has 0 saturated carbocycles. The Morgan fingerprint density at radius 1 is 1.18 bits per heavy atom. The molecule has 2 aliphatic rings. The predicted octanol–water partition coefficient (Wildman–Crippen LogP) is 0.842. The van der Waals surface area contributed by atoms with Crippen LogP contribution in [0, 0.1) is 5.92 Å². The Labute approximate surface area is 164 Å². The zero-order chi connectivity index (χ0) is 19.3. The summed E-state index contributed by atoms with van der Waals surface area (Å²) in [5.41, 5.74) is 1.59. The molecule has 2 aliphatic heterocycles. The number of nitrogens with zero attached hydrogens (tertiary/aromatic N) is 5. The average Bonchev–Trinajstić information content (AvgIpc) is 3.34. The van der Waals surface area contributed by atoms with Gasteiger partial charge in [-0.3, -0.25) is 14.3 Å². The van der Waals surface area contributed by atoms with Crippen LogP contribution in [0.2, 0.25) is 0 Å². The van der Waals surface area contributed by atoms with Crippen LogP contribution in [0.4, 0.5) is 0 Å². The van der Waals surface area contributed by atoms with Crippen LogP contribution in [-0.2, 0) is 22.5 Å². The number of aromatic nitrogens is 3. The van der Waals surface area contributed by atoms with E-state index in [2.05, 4.69) is 22.4 Å². The van der Waals surface area contributed by atoms with E-state index < -0.39 is 0 Å². The van der Waals surface area contributed by atoms with Crippen LogP contribution in [0.25, 0.3) is 0 Å². The van der Waals surface area contributed by atoms with Gasteiger partial charge in [0.05, 0.1) is 19.4 Å². The zero-order valence-electron chi connectivity index (χ0n) is 15.9. The second kappa shape index (κ2) is 8.52. The van der Waals surface area contributed by atoms with Crippen molar-refractivity contribution in [3.05, 3.63) is 47.8 Å². The van der Waals surface area contributed by atoms with Crippen molar-refractivity contribution in [1.29, 1.82) is 0 Å². The van der Waals surface area contributed by atoms with E-state index in [1.807, 2.05) is 23.1 Å². The monoisotopic (exact) mass is 383 g/mol. The fourth-order valence-electron chi connectivity index (χ4n) is 3.78. The number of likely N-dealkylation sites (tertiary alicyclic amines) is 1. The van der Waals surface area contributed by atoms with Crippen LogP contribution >= 0.6 is 0 Å². The van der Waals surface area contributed by atoms with Gasteiger partial charge in [0.1, 0.15) is 0 Å². The van der Waals surface area contributed by atoms with E-state index in [1.165, 1.54) is 5.56 Å². The molecule has 0 radical (unpaired) electrons. The van der Waals surface area contributed by atoms with E-state index in [1.54, 1.807) is 15.8 Å². The van der Waals surface area contributed by atoms with Crippen molar-refractivity contribution in [2.45, 2.75) is 19.4 Å². The lowest BCUT2D eigenvalue weighted by Crippen LogP contribution is -2.40. The summed E-state index contributed by atoms with van der Waals surface area (Å²) < 4.78 is 6.96. The summed E-state index contributed by atoms with van der Waals surface area (Å²) in [6.07, 6.45) is 3.07. The highest BCUT2D eigenvalue weighted by molar-refractivity contribution is 5.92. The predicted molar refractivity (Wildman–Crippen MR) is 102 cm³/mol. The van der Waals surface area contributed by atoms with Gasteiger partial charge in [-0.2, -0.15) is 0 Å². The van der Waals surface area contributed by atoms with Crippen molar-refractivity contribution in [3.63, 3.8) is 0 Å². The molecule has 3 heterocycles. The molecule has 1 atom stereocenters. The number of morpholine rings is 1. The number of rotatable bonds is 6. The molecule has 2 amide bonds. The van der Waals surface area contributed by atoms with Gasteiger partial charge in [-0.15, -0.1) is 5.10 Å². The van der Waals surface area contributed by atoms with Crippen molar-refractivity contribution in [2.24, 2.45) is 5.92 Å². The average molecular weight is 383 g/mol. The highest BCUT2D eigenvalue weighted by Gasteiger charge is 2.30. The molecule has 8 nitrogen and oxygen atoms in total. The molecule has 0 bridgehead atoms. The first-order chi connectivity index (χ1) is 13.7. The fourth-order valence-corrected chi connectivity index (χ4v) is 3.78. The van der Waals surface area contributed by atoms with Crippen LogP contribution in [0.3, 0.4) is 0 Å². The van der Waals surface area contributed by atoms with Gasteiger partial charge in [0, 0.05) is 45.1 Å². The summed E-state index contributed by atoms with van der Waals surface area (Å²) in [5.74, 6) is 0.267. The third-order valence-electron chi connectivity index (χ3n) is 5.31. The third-order valence-corrected chi connectivity index (χ3v) is 5.31. The quantitative estimate of drug-likeness (QED) is 0.739. The number of carbonyl (C=O) groups excluding carboxylic acids is 2. The summed E-state index contributed by atoms with van der Waals surface area (Å²) in [4.78, 5) is 28.5. The molecule has 148 valence electrons. The first kappa shape index (κ1) is 18.6. The Kier molecular flexibility index (Phi) is 5.66. The minimum atomic E-state index is -0.110. The Morgan fingerprint density at radius 3 is 2.75 bits per heavy atom. The van der Waals surface area contributed by atoms with Gasteiger partial charge in [-0.05, 0) is 12.0 Å². The number of amides is 2. The lowest BCUT2D eigenvalue weighted by molar-refractivity contribution is -0.127. The van der Waals surface area contributed by atoms with Gasteiger partial charge in [0.25, 0.3) is 5.91 Å². The van der Waals surface area contributed by atoms with Gasteiger partial charge >= 0.3 is 0 Å². The molecular weight excluding hydrogens is 358 g/mol. The molecule has 2 saturated heterocycles. The van der Waals surface area contributed by atoms with Crippen molar-refractivity contribution < 1.29 is 14.3 Å². The van der Waals surface area contributed by atoms with Crippen molar-refractivity contribution in [2.75, 3.05) is 39.4 Å². The number of benzene rings is 1. The summed E-state index contributed by atoms with van der Waals surface area (Å²) in [6, 6.07) is 10.2. The molecule has 0 spiro atoms. The van der Waals surface area contributed by atoms with Crippen LogP contribution in [-0.4, -0.2) is 76.0 Å². The molecule has 28 heavy (non-hydrogen) atoms. The second-order valence-corrected chi connectivity index (χ2v) is 7.38.